The fourth-order valence-electron chi connectivity index (χ4n) is 1.30. The van der Waals surface area contributed by atoms with Crippen molar-refractivity contribution in [1.29, 1.82) is 0 Å². The number of rotatable bonds is 2. The minimum atomic E-state index is 0.855. The second kappa shape index (κ2) is 3.44. The van der Waals surface area contributed by atoms with Crippen LogP contribution in [0.15, 0.2) is 36.5 Å². The lowest BCUT2D eigenvalue weighted by molar-refractivity contribution is 0.421. The van der Waals surface area contributed by atoms with E-state index >= 15 is 0 Å². The van der Waals surface area contributed by atoms with E-state index in [0.717, 1.165) is 16.7 Å². The third kappa shape index (κ3) is 1.47. The van der Waals surface area contributed by atoms with Crippen LogP contribution in [-0.4, -0.2) is 4.98 Å². The van der Waals surface area contributed by atoms with Gasteiger partial charge in [0.05, 0.1) is 5.52 Å². The van der Waals surface area contributed by atoms with Crippen LogP contribution in [0.5, 0.6) is 5.75 Å². The average Bonchev–Trinajstić information content (AvgIpc) is 2.19. The van der Waals surface area contributed by atoms with Crippen molar-refractivity contribution in [1.82, 2.24) is 4.98 Å². The maximum absolute atomic E-state index is 5.35. The second-order valence-electron chi connectivity index (χ2n) is 2.68. The molecule has 0 aliphatic carbocycles. The van der Waals surface area contributed by atoms with Gasteiger partial charge in [-0.05, 0) is 25.1 Å². The summed E-state index contributed by atoms with van der Waals surface area (Å²) in [5.74, 6) is 0.855. The molecule has 0 aliphatic rings. The van der Waals surface area contributed by atoms with Gasteiger partial charge >= 0.3 is 0 Å². The summed E-state index contributed by atoms with van der Waals surface area (Å²) in [6.45, 7) is 3.52. The summed E-state index contributed by atoms with van der Waals surface area (Å²) < 4.78 is 5.35. The molecule has 0 spiro atoms. The first-order valence-electron chi connectivity index (χ1n) is 4.20. The highest BCUT2D eigenvalue weighted by atomic mass is 16.5. The highest BCUT2D eigenvalue weighted by Crippen LogP contribution is 2.23. The van der Waals surface area contributed by atoms with Crippen LogP contribution < -0.4 is 4.74 Å². The van der Waals surface area contributed by atoms with Gasteiger partial charge in [0.2, 0.25) is 0 Å². The number of fused-ring (bicyclic) bond motifs is 1. The Labute approximate surface area is 77.2 Å². The molecule has 0 fully saturated rings. The molecule has 1 heterocycles. The molecule has 0 atom stereocenters. The summed E-state index contributed by atoms with van der Waals surface area (Å²) in [6, 6.07) is 9.78. The molecule has 2 heteroatoms. The third-order valence-electron chi connectivity index (χ3n) is 1.85. The Bertz CT molecular complexity index is 406. The number of hydrogen-bond donors (Lipinski definition) is 0. The van der Waals surface area contributed by atoms with Gasteiger partial charge in [0.25, 0.3) is 0 Å². The quantitative estimate of drug-likeness (QED) is 0.694. The molecule has 0 bridgehead atoms. The van der Waals surface area contributed by atoms with Crippen LogP contribution in [0.1, 0.15) is 6.92 Å². The Balaban J connectivity index is 2.61. The van der Waals surface area contributed by atoms with E-state index in [1.807, 2.05) is 37.3 Å². The van der Waals surface area contributed by atoms with Crippen molar-refractivity contribution in [2.24, 2.45) is 0 Å². The van der Waals surface area contributed by atoms with E-state index in [1.54, 1.807) is 12.8 Å². The fraction of sp³-hybridized carbons (Fsp3) is 0.0909. The van der Waals surface area contributed by atoms with E-state index in [2.05, 4.69) is 4.98 Å². The van der Waals surface area contributed by atoms with Crippen LogP contribution in [0, 0.1) is 6.61 Å². The Hall–Kier alpha value is -1.57. The molecule has 13 heavy (non-hydrogen) atoms. The molecular weight excluding hydrogens is 162 g/mol. The molecule has 0 unspecified atom stereocenters. The minimum Gasteiger partial charge on any atom is -0.486 e. The minimum absolute atomic E-state index is 0.855. The summed E-state index contributed by atoms with van der Waals surface area (Å²) in [6.07, 6.45) is 1.75. The summed E-state index contributed by atoms with van der Waals surface area (Å²) in [7, 11) is 0. The predicted octanol–water partition coefficient (Wildman–Crippen LogP) is 2.80. The van der Waals surface area contributed by atoms with E-state index in [9.17, 15) is 0 Å². The Kier molecular flexibility index (Phi) is 2.13. The van der Waals surface area contributed by atoms with E-state index in [-0.39, 0.29) is 0 Å². The van der Waals surface area contributed by atoms with Gasteiger partial charge in [-0.25, -0.2) is 0 Å². The smallest absolute Gasteiger partial charge is 0.132 e. The van der Waals surface area contributed by atoms with Crippen molar-refractivity contribution in [3.63, 3.8) is 0 Å². The largest absolute Gasteiger partial charge is 0.486 e. The number of pyridine rings is 1. The molecule has 2 rings (SSSR count). The number of nitrogens with zero attached hydrogens (tertiary/aromatic N) is 1. The average molecular weight is 172 g/mol. The molecule has 65 valence electrons. The molecule has 1 aromatic carbocycles. The first-order chi connectivity index (χ1) is 6.42. The number of para-hydroxylation sites is 1. The van der Waals surface area contributed by atoms with Gasteiger partial charge in [0, 0.05) is 11.6 Å². The van der Waals surface area contributed by atoms with Crippen LogP contribution in [0.4, 0.5) is 0 Å². The zero-order chi connectivity index (χ0) is 9.10. The normalized spacial score (nSPS) is 10.2. The first-order valence-corrected chi connectivity index (χ1v) is 4.20. The molecule has 0 saturated heterocycles. The summed E-state index contributed by atoms with van der Waals surface area (Å²) in [4.78, 5) is 4.23. The van der Waals surface area contributed by atoms with Crippen molar-refractivity contribution in [2.75, 3.05) is 0 Å². The van der Waals surface area contributed by atoms with Gasteiger partial charge in [0.1, 0.15) is 12.4 Å². The number of ether oxygens (including phenoxy) is 1. The number of aromatic nitrogens is 1. The Morgan fingerprint density at radius 1 is 1.23 bits per heavy atom. The van der Waals surface area contributed by atoms with Crippen molar-refractivity contribution in [2.45, 2.75) is 6.92 Å². The standard InChI is InChI=1S/C11H10NO/c1-2-13-11-7-8-12-10-6-4-3-5-9(10)11/h2-8H,1H3. The van der Waals surface area contributed by atoms with E-state index in [0.29, 0.717) is 0 Å². The molecule has 0 N–H and O–H groups in total. The van der Waals surface area contributed by atoms with Gasteiger partial charge in [-0.1, -0.05) is 12.1 Å². The molecule has 2 aromatic rings. The van der Waals surface area contributed by atoms with Gasteiger partial charge in [-0.3, -0.25) is 4.98 Å². The van der Waals surface area contributed by atoms with Crippen LogP contribution in [0.25, 0.3) is 10.9 Å². The maximum Gasteiger partial charge on any atom is 0.132 e. The van der Waals surface area contributed by atoms with Gasteiger partial charge in [-0.15, -0.1) is 0 Å². The summed E-state index contributed by atoms with van der Waals surface area (Å²) in [5, 5.41) is 1.04. The van der Waals surface area contributed by atoms with Crippen LogP contribution in [-0.2, 0) is 0 Å². The van der Waals surface area contributed by atoms with E-state index < -0.39 is 0 Å². The van der Waals surface area contributed by atoms with Gasteiger partial charge in [-0.2, -0.15) is 0 Å². The second-order valence-corrected chi connectivity index (χ2v) is 2.68. The topological polar surface area (TPSA) is 22.1 Å². The molecule has 1 aromatic heterocycles. The third-order valence-corrected chi connectivity index (χ3v) is 1.85. The highest BCUT2D eigenvalue weighted by Gasteiger charge is 1.99. The molecule has 0 aliphatic heterocycles. The van der Waals surface area contributed by atoms with Crippen molar-refractivity contribution < 1.29 is 4.74 Å². The van der Waals surface area contributed by atoms with Gasteiger partial charge < -0.3 is 4.74 Å². The molecule has 2 nitrogen and oxygen atoms in total. The first kappa shape index (κ1) is 8.05. The number of hydrogen-bond acceptors (Lipinski definition) is 2. The zero-order valence-corrected chi connectivity index (χ0v) is 7.40. The maximum atomic E-state index is 5.35. The summed E-state index contributed by atoms with van der Waals surface area (Å²) in [5.41, 5.74) is 0.960. The monoisotopic (exact) mass is 172 g/mol. The lowest BCUT2D eigenvalue weighted by atomic mass is 10.2. The molecule has 0 saturated carbocycles. The molecule has 1 radical (unpaired) electrons. The van der Waals surface area contributed by atoms with E-state index in [1.165, 1.54) is 0 Å². The van der Waals surface area contributed by atoms with Crippen LogP contribution >= 0.6 is 0 Å². The van der Waals surface area contributed by atoms with Crippen LogP contribution in [0.3, 0.4) is 0 Å². The summed E-state index contributed by atoms with van der Waals surface area (Å²) >= 11 is 0. The van der Waals surface area contributed by atoms with E-state index in [4.69, 9.17) is 4.74 Å². The van der Waals surface area contributed by atoms with Gasteiger partial charge in [0.15, 0.2) is 0 Å². The fourth-order valence-corrected chi connectivity index (χ4v) is 1.30. The molecule has 0 amide bonds. The molecular formula is C11H10NO. The Morgan fingerprint density at radius 2 is 2.08 bits per heavy atom. The van der Waals surface area contributed by atoms with Crippen molar-refractivity contribution in [3.05, 3.63) is 43.1 Å². The highest BCUT2D eigenvalue weighted by molar-refractivity contribution is 5.84. The zero-order valence-electron chi connectivity index (χ0n) is 7.40. The SMILES string of the molecule is C[CH]Oc1ccnc2ccccc12. The number of benzene rings is 1. The lowest BCUT2D eigenvalue weighted by Gasteiger charge is -2.04. The van der Waals surface area contributed by atoms with Crippen LogP contribution in [0.2, 0.25) is 0 Å². The Morgan fingerprint density at radius 3 is 2.92 bits per heavy atom. The van der Waals surface area contributed by atoms with Crippen molar-refractivity contribution in [3.8, 4) is 5.75 Å². The lowest BCUT2D eigenvalue weighted by Crippen LogP contribution is -1.87. The van der Waals surface area contributed by atoms with Crippen molar-refractivity contribution >= 4 is 10.9 Å². The predicted molar refractivity (Wildman–Crippen MR) is 52.3 cm³/mol.